The molecule has 0 radical (unpaired) electrons. The summed E-state index contributed by atoms with van der Waals surface area (Å²) in [4.78, 5) is 46.7. The molecule has 0 saturated carbocycles. The number of likely N-dealkylation sites (tertiary alicyclic amines) is 2. The standard InChI is InChI=1S/C28H33N3O3/c1-19(2)31-26(33)23-11-5-4-10-22(23)24(27(34)29-14-7-15-29)28(31)12-16-30(17-13-28)25(32)21-9-6-8-20(3)18-21/h4-6,8-11,18-19,24H,7,12-17H2,1-3H3. The Morgan fingerprint density at radius 3 is 2.26 bits per heavy atom. The van der Waals surface area contributed by atoms with Crippen LogP contribution in [0.2, 0.25) is 0 Å². The number of hydrogen-bond acceptors (Lipinski definition) is 3. The molecule has 3 heterocycles. The SMILES string of the molecule is Cc1cccc(C(=O)N2CCC3(CC2)C(C(=O)N2CCC2)c2ccccc2C(=O)N3C(C)C)c1. The number of piperidine rings is 1. The smallest absolute Gasteiger partial charge is 0.254 e. The van der Waals surface area contributed by atoms with Crippen molar-refractivity contribution in [2.75, 3.05) is 26.2 Å². The van der Waals surface area contributed by atoms with Gasteiger partial charge in [0.15, 0.2) is 0 Å². The lowest BCUT2D eigenvalue weighted by Crippen LogP contribution is -2.68. The second kappa shape index (κ2) is 8.57. The number of aryl methyl sites for hydroxylation is 1. The Hall–Kier alpha value is -3.15. The van der Waals surface area contributed by atoms with Crippen LogP contribution in [0.1, 0.15) is 70.9 Å². The maximum atomic E-state index is 13.9. The quantitative estimate of drug-likeness (QED) is 0.701. The van der Waals surface area contributed by atoms with E-state index in [1.807, 2.05) is 84.0 Å². The van der Waals surface area contributed by atoms with Crippen LogP contribution in [0.15, 0.2) is 48.5 Å². The van der Waals surface area contributed by atoms with Gasteiger partial charge in [-0.1, -0.05) is 35.9 Å². The number of benzene rings is 2. The molecule has 2 saturated heterocycles. The van der Waals surface area contributed by atoms with Gasteiger partial charge in [0.1, 0.15) is 0 Å². The van der Waals surface area contributed by atoms with Crippen molar-refractivity contribution < 1.29 is 14.4 Å². The number of hydrogen-bond donors (Lipinski definition) is 0. The van der Waals surface area contributed by atoms with E-state index in [0.717, 1.165) is 30.6 Å². The summed E-state index contributed by atoms with van der Waals surface area (Å²) in [5.74, 6) is -0.268. The first kappa shape index (κ1) is 22.6. The van der Waals surface area contributed by atoms with Gasteiger partial charge in [-0.05, 0) is 63.8 Å². The molecule has 0 aliphatic carbocycles. The van der Waals surface area contributed by atoms with Gasteiger partial charge in [-0.3, -0.25) is 14.4 Å². The molecule has 2 aromatic rings. The predicted octanol–water partition coefficient (Wildman–Crippen LogP) is 3.85. The fourth-order valence-corrected chi connectivity index (χ4v) is 6.12. The van der Waals surface area contributed by atoms with Gasteiger partial charge in [-0.2, -0.15) is 0 Å². The van der Waals surface area contributed by atoms with Crippen LogP contribution in [0.3, 0.4) is 0 Å². The average Bonchev–Trinajstić information content (AvgIpc) is 2.78. The second-order valence-electron chi connectivity index (χ2n) is 10.2. The molecule has 1 atom stereocenters. The topological polar surface area (TPSA) is 60.9 Å². The summed E-state index contributed by atoms with van der Waals surface area (Å²) in [6.07, 6.45) is 2.21. The highest BCUT2D eigenvalue weighted by Crippen LogP contribution is 2.49. The van der Waals surface area contributed by atoms with E-state index in [2.05, 4.69) is 0 Å². The van der Waals surface area contributed by atoms with Crippen LogP contribution < -0.4 is 0 Å². The third-order valence-corrected chi connectivity index (χ3v) is 7.85. The van der Waals surface area contributed by atoms with Gasteiger partial charge in [-0.15, -0.1) is 0 Å². The first-order chi connectivity index (χ1) is 16.3. The van der Waals surface area contributed by atoms with E-state index in [9.17, 15) is 14.4 Å². The molecule has 1 unspecified atom stereocenters. The molecule has 6 heteroatoms. The van der Waals surface area contributed by atoms with Crippen molar-refractivity contribution in [3.05, 3.63) is 70.8 Å². The molecule has 34 heavy (non-hydrogen) atoms. The number of amides is 3. The van der Waals surface area contributed by atoms with E-state index >= 15 is 0 Å². The molecule has 0 aromatic heterocycles. The predicted molar refractivity (Wildman–Crippen MR) is 131 cm³/mol. The number of nitrogens with zero attached hydrogens (tertiary/aromatic N) is 3. The molecular weight excluding hydrogens is 426 g/mol. The van der Waals surface area contributed by atoms with E-state index in [0.29, 0.717) is 37.1 Å². The first-order valence-electron chi connectivity index (χ1n) is 12.4. The van der Waals surface area contributed by atoms with Crippen molar-refractivity contribution in [1.82, 2.24) is 14.7 Å². The van der Waals surface area contributed by atoms with Crippen LogP contribution >= 0.6 is 0 Å². The molecule has 3 amide bonds. The third-order valence-electron chi connectivity index (χ3n) is 7.85. The largest absolute Gasteiger partial charge is 0.342 e. The Balaban J connectivity index is 1.52. The van der Waals surface area contributed by atoms with Crippen LogP contribution in [0.25, 0.3) is 0 Å². The summed E-state index contributed by atoms with van der Waals surface area (Å²) in [7, 11) is 0. The highest BCUT2D eigenvalue weighted by Gasteiger charge is 2.57. The summed E-state index contributed by atoms with van der Waals surface area (Å²) in [5.41, 5.74) is 2.60. The molecule has 2 aromatic carbocycles. The molecule has 0 bridgehead atoms. The van der Waals surface area contributed by atoms with Crippen molar-refractivity contribution in [2.45, 2.75) is 57.5 Å². The lowest BCUT2D eigenvalue weighted by atomic mass is 9.66. The van der Waals surface area contributed by atoms with Crippen molar-refractivity contribution in [3.63, 3.8) is 0 Å². The van der Waals surface area contributed by atoms with E-state index in [4.69, 9.17) is 0 Å². The lowest BCUT2D eigenvalue weighted by molar-refractivity contribution is -0.142. The van der Waals surface area contributed by atoms with E-state index in [1.54, 1.807) is 0 Å². The minimum absolute atomic E-state index is 0.00304. The van der Waals surface area contributed by atoms with Gasteiger partial charge < -0.3 is 14.7 Å². The van der Waals surface area contributed by atoms with Crippen LogP contribution in [0, 0.1) is 6.92 Å². The van der Waals surface area contributed by atoms with Crippen molar-refractivity contribution in [2.24, 2.45) is 0 Å². The molecule has 1 spiro atoms. The molecule has 2 fully saturated rings. The van der Waals surface area contributed by atoms with Gasteiger partial charge in [-0.25, -0.2) is 0 Å². The number of rotatable bonds is 3. The summed E-state index contributed by atoms with van der Waals surface area (Å²) < 4.78 is 0. The van der Waals surface area contributed by atoms with Gasteiger partial charge in [0, 0.05) is 43.3 Å². The number of fused-ring (bicyclic) bond motifs is 1. The molecule has 178 valence electrons. The highest BCUT2D eigenvalue weighted by atomic mass is 16.2. The first-order valence-corrected chi connectivity index (χ1v) is 12.4. The van der Waals surface area contributed by atoms with Gasteiger partial charge in [0.25, 0.3) is 11.8 Å². The van der Waals surface area contributed by atoms with Crippen molar-refractivity contribution in [1.29, 1.82) is 0 Å². The van der Waals surface area contributed by atoms with Gasteiger partial charge >= 0.3 is 0 Å². The number of carbonyl (C=O) groups is 3. The van der Waals surface area contributed by atoms with Crippen LogP contribution in [0.5, 0.6) is 0 Å². The van der Waals surface area contributed by atoms with Crippen molar-refractivity contribution >= 4 is 17.7 Å². The average molecular weight is 460 g/mol. The Bertz CT molecular complexity index is 1130. The molecule has 5 rings (SSSR count). The summed E-state index contributed by atoms with van der Waals surface area (Å²) in [5, 5.41) is 0. The van der Waals surface area contributed by atoms with Crippen molar-refractivity contribution in [3.8, 4) is 0 Å². The van der Waals surface area contributed by atoms with Gasteiger partial charge in [0.05, 0.1) is 11.5 Å². The zero-order chi connectivity index (χ0) is 24.0. The lowest BCUT2D eigenvalue weighted by Gasteiger charge is -2.57. The maximum absolute atomic E-state index is 13.9. The number of carbonyl (C=O) groups excluding carboxylic acids is 3. The Labute approximate surface area is 201 Å². The fraction of sp³-hybridized carbons (Fsp3) is 0.464. The molecule has 3 aliphatic heterocycles. The summed E-state index contributed by atoms with van der Waals surface area (Å²) >= 11 is 0. The Kier molecular flexibility index (Phi) is 5.70. The monoisotopic (exact) mass is 459 g/mol. The van der Waals surface area contributed by atoms with E-state index in [-0.39, 0.29) is 23.8 Å². The van der Waals surface area contributed by atoms with Crippen LogP contribution in [0.4, 0.5) is 0 Å². The maximum Gasteiger partial charge on any atom is 0.254 e. The molecule has 3 aliphatic rings. The van der Waals surface area contributed by atoms with E-state index < -0.39 is 11.5 Å². The third kappa shape index (κ3) is 3.51. The summed E-state index contributed by atoms with van der Waals surface area (Å²) in [6, 6.07) is 15.2. The minimum Gasteiger partial charge on any atom is -0.342 e. The summed E-state index contributed by atoms with van der Waals surface area (Å²) in [6.45, 7) is 8.65. The van der Waals surface area contributed by atoms with E-state index in [1.165, 1.54) is 0 Å². The zero-order valence-electron chi connectivity index (χ0n) is 20.3. The van der Waals surface area contributed by atoms with Gasteiger partial charge in [0.2, 0.25) is 5.91 Å². The fourth-order valence-electron chi connectivity index (χ4n) is 6.12. The highest BCUT2D eigenvalue weighted by molar-refractivity contribution is 6.02. The Morgan fingerprint density at radius 1 is 0.941 bits per heavy atom. The molecular formula is C28H33N3O3. The van der Waals surface area contributed by atoms with Crippen LogP contribution in [-0.4, -0.2) is 70.2 Å². The Morgan fingerprint density at radius 2 is 1.65 bits per heavy atom. The van der Waals surface area contributed by atoms with Crippen LogP contribution in [-0.2, 0) is 4.79 Å². The minimum atomic E-state index is -0.629. The molecule has 0 N–H and O–H groups in total. The second-order valence-corrected chi connectivity index (χ2v) is 10.2. The zero-order valence-corrected chi connectivity index (χ0v) is 20.3. The molecule has 6 nitrogen and oxygen atoms in total. The normalized spacial score (nSPS) is 21.5.